The highest BCUT2D eigenvalue weighted by atomic mass is 79.9. The largest absolute Gasteiger partial charge is 0.444 e. The van der Waals surface area contributed by atoms with Gasteiger partial charge in [0.15, 0.2) is 0 Å². The molecule has 0 saturated carbocycles. The van der Waals surface area contributed by atoms with Crippen molar-refractivity contribution in [1.82, 2.24) is 5.32 Å². The monoisotopic (exact) mass is 401 g/mol. The Labute approximate surface area is 150 Å². The third kappa shape index (κ3) is 5.36. The molecule has 1 amide bonds. The predicted octanol–water partition coefficient (Wildman–Crippen LogP) is 3.71. The van der Waals surface area contributed by atoms with Gasteiger partial charge in [-0.2, -0.15) is 0 Å². The van der Waals surface area contributed by atoms with Gasteiger partial charge in [-0.25, -0.2) is 4.79 Å². The number of nitrogens with zero attached hydrogens (tertiary/aromatic N) is 2. The Kier molecular flexibility index (Phi) is 6.21. The second-order valence-electron chi connectivity index (χ2n) is 6.85. The number of nitro groups is 1. The number of rotatable bonds is 5. The number of hydrogen-bond acceptors (Lipinski definition) is 5. The van der Waals surface area contributed by atoms with Gasteiger partial charge in [0.05, 0.1) is 0 Å². The van der Waals surface area contributed by atoms with Crippen molar-refractivity contribution in [3.05, 3.63) is 39.9 Å². The predicted molar refractivity (Wildman–Crippen MR) is 97.2 cm³/mol. The van der Waals surface area contributed by atoms with Crippen LogP contribution in [-0.4, -0.2) is 35.2 Å². The zero-order valence-corrected chi connectivity index (χ0v) is 16.4. The Bertz CT molecular complexity index is 594. The van der Waals surface area contributed by atoms with E-state index in [-0.39, 0.29) is 0 Å². The summed E-state index contributed by atoms with van der Waals surface area (Å²) in [6.45, 7) is 6.59. The molecule has 0 aliphatic heterocycles. The molecule has 2 atom stereocenters. The molecule has 7 nitrogen and oxygen atoms in total. The fraction of sp³-hybridized carbons (Fsp3) is 0.562. The molecule has 24 heavy (non-hydrogen) atoms. The second-order valence-corrected chi connectivity index (χ2v) is 8.45. The van der Waals surface area contributed by atoms with Gasteiger partial charge in [-0.1, -0.05) is 12.1 Å². The molecule has 8 heteroatoms. The molecule has 0 saturated heterocycles. The van der Waals surface area contributed by atoms with E-state index in [0.717, 1.165) is 5.69 Å². The summed E-state index contributed by atoms with van der Waals surface area (Å²) in [5.74, 6) is 0. The number of benzene rings is 1. The van der Waals surface area contributed by atoms with Crippen molar-refractivity contribution in [2.45, 2.75) is 43.8 Å². The molecule has 0 bridgehead atoms. The minimum absolute atomic E-state index is 0.477. The molecule has 0 fully saturated rings. The normalized spacial score (nSPS) is 15.1. The highest BCUT2D eigenvalue weighted by Gasteiger charge is 2.45. The number of nitrogens with one attached hydrogen (secondary N) is 1. The Morgan fingerprint density at radius 2 is 1.75 bits per heavy atom. The Hall–Kier alpha value is -1.83. The number of anilines is 1. The minimum atomic E-state index is -1.58. The lowest BCUT2D eigenvalue weighted by Gasteiger charge is -2.28. The quantitative estimate of drug-likeness (QED) is 0.351. The van der Waals surface area contributed by atoms with Gasteiger partial charge < -0.3 is 15.0 Å². The van der Waals surface area contributed by atoms with Gasteiger partial charge in [0, 0.05) is 47.6 Å². The highest BCUT2D eigenvalue weighted by Crippen LogP contribution is 2.35. The fourth-order valence-electron chi connectivity index (χ4n) is 2.01. The summed E-state index contributed by atoms with van der Waals surface area (Å²) in [7, 11) is 3.80. The first-order valence-corrected chi connectivity index (χ1v) is 8.24. The van der Waals surface area contributed by atoms with E-state index in [1.807, 2.05) is 31.1 Å². The maximum absolute atomic E-state index is 12.1. The first kappa shape index (κ1) is 20.2. The van der Waals surface area contributed by atoms with Crippen LogP contribution in [0.25, 0.3) is 0 Å². The van der Waals surface area contributed by atoms with Crippen molar-refractivity contribution in [3.8, 4) is 0 Å². The summed E-state index contributed by atoms with van der Waals surface area (Å²) in [4.78, 5) is 25.0. The lowest BCUT2D eigenvalue weighted by atomic mass is 10.0. The number of halogens is 1. The SMILES string of the molecule is CN(C)c1ccc([C@@H](NC(=O)OC(C)(C)C)[C@@](C)(Br)[N+](=O)[O-])cc1. The van der Waals surface area contributed by atoms with Crippen molar-refractivity contribution in [1.29, 1.82) is 0 Å². The number of alkyl halides is 1. The van der Waals surface area contributed by atoms with Gasteiger partial charge in [-0.15, -0.1) is 0 Å². The average molecular weight is 402 g/mol. The molecule has 1 aromatic rings. The highest BCUT2D eigenvalue weighted by molar-refractivity contribution is 9.10. The lowest BCUT2D eigenvalue weighted by molar-refractivity contribution is -0.536. The number of ether oxygens (including phenoxy) is 1. The third-order valence-corrected chi connectivity index (χ3v) is 4.04. The number of carbonyl (C=O) groups excluding carboxylic acids is 1. The maximum atomic E-state index is 12.1. The van der Waals surface area contributed by atoms with Crippen molar-refractivity contribution in [2.24, 2.45) is 0 Å². The molecule has 1 N–H and O–H groups in total. The summed E-state index contributed by atoms with van der Waals surface area (Å²) in [6.07, 6.45) is -0.711. The van der Waals surface area contributed by atoms with E-state index in [4.69, 9.17) is 4.74 Å². The number of amides is 1. The molecular weight excluding hydrogens is 378 g/mol. The molecule has 0 heterocycles. The van der Waals surface area contributed by atoms with E-state index in [0.29, 0.717) is 5.56 Å². The van der Waals surface area contributed by atoms with Crippen LogP contribution in [-0.2, 0) is 4.74 Å². The van der Waals surface area contributed by atoms with Crippen LogP contribution in [0.4, 0.5) is 10.5 Å². The van der Waals surface area contributed by atoms with E-state index in [1.54, 1.807) is 32.9 Å². The van der Waals surface area contributed by atoms with Crippen LogP contribution in [0.3, 0.4) is 0 Å². The van der Waals surface area contributed by atoms with Crippen LogP contribution < -0.4 is 10.2 Å². The van der Waals surface area contributed by atoms with E-state index in [2.05, 4.69) is 21.2 Å². The molecule has 0 aromatic heterocycles. The lowest BCUT2D eigenvalue weighted by Crippen LogP contribution is -2.46. The average Bonchev–Trinajstić information content (AvgIpc) is 2.42. The molecular formula is C16H24BrN3O4. The van der Waals surface area contributed by atoms with E-state index >= 15 is 0 Å². The Balaban J connectivity index is 3.15. The zero-order chi connectivity index (χ0) is 18.7. The molecule has 0 unspecified atom stereocenters. The smallest absolute Gasteiger partial charge is 0.408 e. The van der Waals surface area contributed by atoms with Crippen LogP contribution in [0.5, 0.6) is 0 Å². The van der Waals surface area contributed by atoms with Crippen molar-refractivity contribution in [2.75, 3.05) is 19.0 Å². The summed E-state index contributed by atoms with van der Waals surface area (Å²) in [5, 5.41) is 14.0. The van der Waals surface area contributed by atoms with Gasteiger partial charge in [-0.3, -0.25) is 10.1 Å². The van der Waals surface area contributed by atoms with Crippen molar-refractivity contribution in [3.63, 3.8) is 0 Å². The third-order valence-electron chi connectivity index (χ3n) is 3.29. The second kappa shape index (κ2) is 7.38. The number of alkyl carbamates (subject to hydrolysis) is 1. The zero-order valence-electron chi connectivity index (χ0n) is 14.8. The van der Waals surface area contributed by atoms with Crippen molar-refractivity contribution >= 4 is 27.7 Å². The summed E-state index contributed by atoms with van der Waals surface area (Å²) in [5.41, 5.74) is 0.857. The molecule has 0 aliphatic rings. The standard InChI is InChI=1S/C16H24BrN3O4/c1-15(2,3)24-14(21)18-13(16(4,17)20(22)23)11-7-9-12(10-8-11)19(5)6/h7-10,13H,1-6H3,(H,18,21)/t13-,16+/m1/s1. The van der Waals surface area contributed by atoms with E-state index in [9.17, 15) is 14.9 Å². The maximum Gasteiger partial charge on any atom is 0.408 e. The molecule has 1 rings (SSSR count). The van der Waals surface area contributed by atoms with Gasteiger partial charge in [0.2, 0.25) is 0 Å². The molecule has 134 valence electrons. The van der Waals surface area contributed by atoms with Gasteiger partial charge in [-0.05, 0) is 38.5 Å². The van der Waals surface area contributed by atoms with Crippen LogP contribution >= 0.6 is 15.9 Å². The van der Waals surface area contributed by atoms with Gasteiger partial charge in [0.1, 0.15) is 11.6 Å². The first-order chi connectivity index (χ1) is 10.8. The topological polar surface area (TPSA) is 84.7 Å². The van der Waals surface area contributed by atoms with Gasteiger partial charge in [0.25, 0.3) is 4.45 Å². The number of hydrogen-bond donors (Lipinski definition) is 1. The Morgan fingerprint density at radius 3 is 2.12 bits per heavy atom. The summed E-state index contributed by atoms with van der Waals surface area (Å²) < 4.78 is 3.65. The van der Waals surface area contributed by atoms with E-state index in [1.165, 1.54) is 6.92 Å². The molecule has 0 spiro atoms. The van der Waals surface area contributed by atoms with Crippen LogP contribution in [0.1, 0.15) is 39.3 Å². The van der Waals surface area contributed by atoms with E-state index < -0.39 is 27.1 Å². The fourth-order valence-corrected chi connectivity index (χ4v) is 2.39. The van der Waals surface area contributed by atoms with Crippen LogP contribution in [0, 0.1) is 10.1 Å². The molecule has 1 aromatic carbocycles. The minimum Gasteiger partial charge on any atom is -0.444 e. The van der Waals surface area contributed by atoms with Crippen LogP contribution in [0.15, 0.2) is 24.3 Å². The van der Waals surface area contributed by atoms with Crippen LogP contribution in [0.2, 0.25) is 0 Å². The Morgan fingerprint density at radius 1 is 1.25 bits per heavy atom. The molecule has 0 aliphatic carbocycles. The molecule has 0 radical (unpaired) electrons. The first-order valence-electron chi connectivity index (χ1n) is 7.45. The van der Waals surface area contributed by atoms with Crippen molar-refractivity contribution < 1.29 is 14.5 Å². The summed E-state index contributed by atoms with van der Waals surface area (Å²) >= 11 is 3.13. The number of carbonyl (C=O) groups is 1. The van der Waals surface area contributed by atoms with Gasteiger partial charge >= 0.3 is 6.09 Å². The summed E-state index contributed by atoms with van der Waals surface area (Å²) in [6, 6.07) is 6.27.